The van der Waals surface area contributed by atoms with Gasteiger partial charge >= 0.3 is 0 Å². The molecule has 1 aliphatic carbocycles. The fourth-order valence-electron chi connectivity index (χ4n) is 1.32. The van der Waals surface area contributed by atoms with Crippen LogP contribution in [0.5, 0.6) is 0 Å². The highest BCUT2D eigenvalue weighted by molar-refractivity contribution is 7.89. The van der Waals surface area contributed by atoms with E-state index in [-0.39, 0.29) is 10.4 Å². The van der Waals surface area contributed by atoms with E-state index in [0.29, 0.717) is 5.69 Å². The highest BCUT2D eigenvalue weighted by atomic mass is 32.2. The van der Waals surface area contributed by atoms with Crippen molar-refractivity contribution in [2.75, 3.05) is 5.73 Å². The number of nitrogens with two attached hydrogens (primary N) is 1. The first-order chi connectivity index (χ1) is 6.91. The van der Waals surface area contributed by atoms with Crippen LogP contribution < -0.4 is 10.5 Å². The molecule has 82 valence electrons. The van der Waals surface area contributed by atoms with Crippen LogP contribution in [0, 0.1) is 0 Å². The minimum Gasteiger partial charge on any atom is -0.399 e. The van der Waals surface area contributed by atoms with E-state index in [4.69, 9.17) is 5.73 Å². The Morgan fingerprint density at radius 2 is 1.80 bits per heavy atom. The molecule has 0 radical (unpaired) electrons. The summed E-state index contributed by atoms with van der Waals surface area (Å²) >= 11 is 0. The van der Waals surface area contributed by atoms with Gasteiger partial charge in [-0.15, -0.1) is 0 Å². The maximum atomic E-state index is 11.8. The Balaban J connectivity index is 2.25. The molecule has 5 heteroatoms. The van der Waals surface area contributed by atoms with E-state index >= 15 is 0 Å². The van der Waals surface area contributed by atoms with E-state index in [2.05, 4.69) is 4.72 Å². The molecule has 0 atom stereocenters. The molecular formula is C10H14N2O2S. The van der Waals surface area contributed by atoms with Gasteiger partial charge in [0.1, 0.15) is 0 Å². The van der Waals surface area contributed by atoms with Crippen LogP contribution in [0.3, 0.4) is 0 Å². The summed E-state index contributed by atoms with van der Waals surface area (Å²) < 4.78 is 26.4. The zero-order valence-electron chi connectivity index (χ0n) is 8.53. The second-order valence-electron chi connectivity index (χ2n) is 4.24. The largest absolute Gasteiger partial charge is 0.399 e. The van der Waals surface area contributed by atoms with Crippen LogP contribution in [-0.4, -0.2) is 14.0 Å². The van der Waals surface area contributed by atoms with E-state index in [1.54, 1.807) is 12.1 Å². The molecule has 2 rings (SSSR count). The minimum absolute atomic E-state index is 0.236. The highest BCUT2D eigenvalue weighted by Crippen LogP contribution is 2.35. The topological polar surface area (TPSA) is 72.2 Å². The summed E-state index contributed by atoms with van der Waals surface area (Å²) in [4.78, 5) is 0.268. The number of sulfonamides is 1. The second-order valence-corrected chi connectivity index (χ2v) is 5.92. The number of rotatable bonds is 3. The third kappa shape index (κ3) is 2.30. The summed E-state index contributed by atoms with van der Waals surface area (Å²) in [6, 6.07) is 6.21. The van der Waals surface area contributed by atoms with Crippen LogP contribution in [0.15, 0.2) is 29.2 Å². The van der Waals surface area contributed by atoms with Gasteiger partial charge in [-0.2, -0.15) is 0 Å². The van der Waals surface area contributed by atoms with Crippen molar-refractivity contribution >= 4 is 15.7 Å². The van der Waals surface area contributed by atoms with Gasteiger partial charge in [0, 0.05) is 11.2 Å². The Morgan fingerprint density at radius 3 is 2.27 bits per heavy atom. The molecule has 0 saturated heterocycles. The Kier molecular flexibility index (Phi) is 2.24. The second kappa shape index (κ2) is 3.21. The van der Waals surface area contributed by atoms with E-state index < -0.39 is 10.0 Å². The molecule has 0 spiro atoms. The van der Waals surface area contributed by atoms with Crippen molar-refractivity contribution in [2.24, 2.45) is 0 Å². The predicted molar refractivity (Wildman–Crippen MR) is 58.8 cm³/mol. The molecule has 1 aromatic rings. The molecule has 0 aromatic heterocycles. The van der Waals surface area contributed by atoms with E-state index in [0.717, 1.165) is 12.8 Å². The summed E-state index contributed by atoms with van der Waals surface area (Å²) in [6.07, 6.45) is 1.81. The molecular weight excluding hydrogens is 212 g/mol. The van der Waals surface area contributed by atoms with Gasteiger partial charge in [-0.25, -0.2) is 13.1 Å². The SMILES string of the molecule is CC1(NS(=O)(=O)c2ccc(N)cc2)CC1. The van der Waals surface area contributed by atoms with Gasteiger partial charge in [0.15, 0.2) is 0 Å². The van der Waals surface area contributed by atoms with Crippen molar-refractivity contribution in [3.8, 4) is 0 Å². The number of anilines is 1. The predicted octanol–water partition coefficient (Wildman–Crippen LogP) is 1.10. The van der Waals surface area contributed by atoms with Crippen molar-refractivity contribution in [3.63, 3.8) is 0 Å². The lowest BCUT2D eigenvalue weighted by atomic mass is 10.3. The molecule has 0 heterocycles. The summed E-state index contributed by atoms with van der Waals surface area (Å²) in [5.74, 6) is 0. The van der Waals surface area contributed by atoms with Crippen LogP contribution in [0.25, 0.3) is 0 Å². The lowest BCUT2D eigenvalue weighted by Gasteiger charge is -2.11. The molecule has 1 fully saturated rings. The molecule has 1 aliphatic rings. The van der Waals surface area contributed by atoms with Gasteiger partial charge < -0.3 is 5.73 Å². The van der Waals surface area contributed by atoms with Gasteiger partial charge in [0.05, 0.1) is 4.90 Å². The zero-order valence-corrected chi connectivity index (χ0v) is 9.34. The Labute approximate surface area is 89.5 Å². The van der Waals surface area contributed by atoms with E-state index in [1.807, 2.05) is 6.92 Å². The molecule has 0 aliphatic heterocycles. The normalized spacial score (nSPS) is 18.7. The average molecular weight is 226 g/mol. The monoisotopic (exact) mass is 226 g/mol. The van der Waals surface area contributed by atoms with Crippen molar-refractivity contribution in [1.29, 1.82) is 0 Å². The van der Waals surface area contributed by atoms with Crippen molar-refractivity contribution in [1.82, 2.24) is 4.72 Å². The quantitative estimate of drug-likeness (QED) is 0.758. The highest BCUT2D eigenvalue weighted by Gasteiger charge is 2.41. The summed E-state index contributed by atoms with van der Waals surface area (Å²) in [7, 11) is -3.38. The number of hydrogen-bond acceptors (Lipinski definition) is 3. The maximum Gasteiger partial charge on any atom is 0.241 e. The zero-order chi connectivity index (χ0) is 11.1. The smallest absolute Gasteiger partial charge is 0.241 e. The van der Waals surface area contributed by atoms with Crippen LogP contribution >= 0.6 is 0 Å². The number of nitrogen functional groups attached to an aromatic ring is 1. The van der Waals surface area contributed by atoms with Crippen molar-refractivity contribution in [2.45, 2.75) is 30.2 Å². The fraction of sp³-hybridized carbons (Fsp3) is 0.400. The molecule has 1 saturated carbocycles. The fourth-order valence-corrected chi connectivity index (χ4v) is 2.78. The van der Waals surface area contributed by atoms with Gasteiger partial charge in [-0.3, -0.25) is 0 Å². The first-order valence-electron chi connectivity index (χ1n) is 4.81. The van der Waals surface area contributed by atoms with Gasteiger partial charge in [-0.1, -0.05) is 0 Å². The van der Waals surface area contributed by atoms with Crippen LogP contribution in [0.4, 0.5) is 5.69 Å². The molecule has 15 heavy (non-hydrogen) atoms. The van der Waals surface area contributed by atoms with E-state index in [1.165, 1.54) is 12.1 Å². The van der Waals surface area contributed by atoms with Crippen molar-refractivity contribution in [3.05, 3.63) is 24.3 Å². The molecule has 0 bridgehead atoms. The Bertz CT molecular complexity index is 461. The maximum absolute atomic E-state index is 11.8. The lowest BCUT2D eigenvalue weighted by molar-refractivity contribution is 0.558. The van der Waals surface area contributed by atoms with Crippen LogP contribution in [0.1, 0.15) is 19.8 Å². The Hall–Kier alpha value is -1.07. The molecule has 0 amide bonds. The standard InChI is InChI=1S/C10H14N2O2S/c1-10(6-7-10)12-15(13,14)9-4-2-8(11)3-5-9/h2-5,12H,6-7,11H2,1H3. The molecule has 3 N–H and O–H groups in total. The van der Waals surface area contributed by atoms with Gasteiger partial charge in [0.2, 0.25) is 10.0 Å². The molecule has 4 nitrogen and oxygen atoms in total. The summed E-state index contributed by atoms with van der Waals surface area (Å²) in [5, 5.41) is 0. The van der Waals surface area contributed by atoms with Crippen LogP contribution in [-0.2, 0) is 10.0 Å². The average Bonchev–Trinajstić information content (AvgIpc) is 2.82. The van der Waals surface area contributed by atoms with Gasteiger partial charge in [-0.05, 0) is 44.0 Å². The van der Waals surface area contributed by atoms with Gasteiger partial charge in [0.25, 0.3) is 0 Å². The summed E-state index contributed by atoms with van der Waals surface area (Å²) in [6.45, 7) is 1.90. The minimum atomic E-state index is -3.38. The van der Waals surface area contributed by atoms with E-state index in [9.17, 15) is 8.42 Å². The third-order valence-corrected chi connectivity index (χ3v) is 4.23. The first-order valence-corrected chi connectivity index (χ1v) is 6.29. The van der Waals surface area contributed by atoms with Crippen LogP contribution in [0.2, 0.25) is 0 Å². The number of nitrogens with one attached hydrogen (secondary N) is 1. The third-order valence-electron chi connectivity index (χ3n) is 2.57. The van der Waals surface area contributed by atoms with Crippen molar-refractivity contribution < 1.29 is 8.42 Å². The molecule has 1 aromatic carbocycles. The Morgan fingerprint density at radius 1 is 1.27 bits per heavy atom. The summed E-state index contributed by atoms with van der Waals surface area (Å²) in [5.41, 5.74) is 5.82. The number of benzene rings is 1. The lowest BCUT2D eigenvalue weighted by Crippen LogP contribution is -2.34. The number of hydrogen-bond donors (Lipinski definition) is 2. The molecule has 0 unspecified atom stereocenters. The first kappa shape index (κ1) is 10.4.